The summed E-state index contributed by atoms with van der Waals surface area (Å²) in [7, 11) is 13.4. The second-order valence-corrected chi connectivity index (χ2v) is 23.5. The van der Waals surface area contributed by atoms with Crippen molar-refractivity contribution in [3.05, 3.63) is 279 Å². The largest absolute Gasteiger partial charge is 0.388 e. The molecule has 0 atom stereocenters. The molecule has 14 heteroatoms. The molecule has 0 bridgehead atoms. The number of aldehydes is 1. The topological polar surface area (TPSA) is 32.8 Å². The molecule has 0 saturated carbocycles. The van der Waals surface area contributed by atoms with E-state index < -0.39 is 0 Å². The van der Waals surface area contributed by atoms with Crippen molar-refractivity contribution in [2.75, 3.05) is 54.4 Å². The molecule has 5 radical (unpaired) electrons. The Labute approximate surface area is 683 Å². The smallest absolute Gasteiger partial charge is 0.369 e. The van der Waals surface area contributed by atoms with Gasteiger partial charge in [-0.1, -0.05) is 213 Å². The molecule has 0 heterocycles. The Balaban J connectivity index is -0.000000114. The summed E-state index contributed by atoms with van der Waals surface area (Å²) in [5.74, 6) is 0. The first-order chi connectivity index (χ1) is 38.3. The Kier molecular flexibility index (Phi) is 95.8. The van der Waals surface area contributed by atoms with E-state index in [9.17, 15) is 4.79 Å². The summed E-state index contributed by atoms with van der Waals surface area (Å²) >= 11 is 11.6. The molecule has 0 saturated heterocycles. The average molecular weight is 1830 g/mol. The summed E-state index contributed by atoms with van der Waals surface area (Å²) in [6.45, 7) is 14.2. The number of carbonyl (C=O) groups excluding carboxylic acids is 1. The van der Waals surface area contributed by atoms with Gasteiger partial charge in [-0.25, -0.2) is 0 Å². The first kappa shape index (κ1) is 104. The van der Waals surface area contributed by atoms with Crippen LogP contribution < -0.4 is 4.90 Å². The van der Waals surface area contributed by atoms with E-state index in [1.54, 1.807) is 38.5 Å². The van der Waals surface area contributed by atoms with Crippen LogP contribution in [0.15, 0.2) is 212 Å². The number of rotatable bonds is 9. The van der Waals surface area contributed by atoms with E-state index >= 15 is 0 Å². The summed E-state index contributed by atoms with van der Waals surface area (Å²) in [6.07, 6.45) is 14.7. The number of aryl methyl sites for hydroxylation is 1. The summed E-state index contributed by atoms with van der Waals surface area (Å²) in [5, 5.41) is 0. The fourth-order valence-corrected chi connectivity index (χ4v) is 5.98. The maximum Gasteiger partial charge on any atom is 0.369 e. The zero-order valence-corrected chi connectivity index (χ0v) is 73.2. The zero-order valence-electron chi connectivity index (χ0n) is 52.1. The summed E-state index contributed by atoms with van der Waals surface area (Å²) in [4.78, 5) is 14.1. The van der Waals surface area contributed by atoms with Crippen LogP contribution in [-0.2, 0) is 175 Å². The molecular weight excluding hydrogens is 1730 g/mol. The molecule has 445 valence electrons. The molecule has 0 unspecified atom stereocenters. The van der Waals surface area contributed by atoms with Crippen molar-refractivity contribution in [2.24, 2.45) is 0 Å². The number of anilines is 1. The van der Waals surface area contributed by atoms with E-state index in [-0.39, 0.29) is 174 Å². The maximum atomic E-state index is 9.99. The van der Waals surface area contributed by atoms with Crippen molar-refractivity contribution < 1.29 is 173 Å². The third-order valence-electron chi connectivity index (χ3n) is 8.88. The summed E-state index contributed by atoms with van der Waals surface area (Å²) < 4.78 is 5.78. The third kappa shape index (κ3) is 68.3. The van der Waals surface area contributed by atoms with E-state index in [0.29, 0.717) is 5.56 Å². The maximum absolute atomic E-state index is 9.99. The number of carbonyl (C=O) groups is 1. The average Bonchev–Trinajstić information content (AvgIpc) is 3.50. The van der Waals surface area contributed by atoms with Gasteiger partial charge < -0.3 is 19.3 Å². The minimum atomic E-state index is 0. The van der Waals surface area contributed by atoms with Gasteiger partial charge in [0, 0.05) is 201 Å². The molecule has 0 amide bonds. The Morgan fingerprint density at radius 3 is 0.953 bits per heavy atom. The molecule has 0 aliphatic carbocycles. The second-order valence-electron chi connectivity index (χ2n) is 15.8. The zero-order chi connectivity index (χ0) is 59.7. The van der Waals surface area contributed by atoms with Gasteiger partial charge in [0.1, 0.15) is 6.29 Å². The standard InChI is InChI=1S/C16H17N.C14H10I.C14H11.C8H10.C7H5O.C3H9N.C2H6O.3C2H6.CH4.BBr3.5Y/c1-17(2)16-12-10-15(11-13-16)9-8-14-6-4-3-5-7-14;15-14-8-4-7-13(11-14)10-9-12-5-2-1-3-6-12;1-3-7-13(8-4-1)11-12-14-9-5-2-6-10-14;1-2-8-6-4-3-5-7-8;8-6-7-4-2-1-3-5-7;1-4(2)3;1-3-2;3*1-2;;2-1(3)4;;;;;/h3-13H,1-2H3;2-11H;1,3-12H;3-7H,2H2,1H3;2-6H;1-3H3;1-2H3;3*1-2H3;1H4;;;;;;/q;2*-1;;-1;;;;;;;;;;;;/b9-8+;10-9+;12-11+;;;;;;;;;;;;;;. The number of methoxy groups -OCH3 is 1. The van der Waals surface area contributed by atoms with E-state index in [2.05, 4.69) is 264 Å². The minimum absolute atomic E-state index is 0. The first-order valence-electron chi connectivity index (χ1n) is 26.3. The van der Waals surface area contributed by atoms with Gasteiger partial charge in [-0.3, -0.25) is 0 Å². The molecule has 8 rings (SSSR count). The van der Waals surface area contributed by atoms with Crippen molar-refractivity contribution in [3.63, 3.8) is 0 Å². The fraction of sp³-hybridized carbons (Fsp3) is 0.225. The van der Waals surface area contributed by atoms with Gasteiger partial charge in [-0.05, 0) is 102 Å². The monoisotopic (exact) mass is 1820 g/mol. The summed E-state index contributed by atoms with van der Waals surface area (Å²) in [5.41, 5.74) is 10.6. The van der Waals surface area contributed by atoms with Crippen LogP contribution in [0, 0.1) is 21.8 Å². The van der Waals surface area contributed by atoms with E-state index in [4.69, 9.17) is 0 Å². The molecule has 4 nitrogen and oxygen atoms in total. The second kappa shape index (κ2) is 78.4. The van der Waals surface area contributed by atoms with Crippen LogP contribution in [0.3, 0.4) is 0 Å². The quantitative estimate of drug-likeness (QED) is 0.0474. The number of benzene rings is 8. The van der Waals surface area contributed by atoms with Gasteiger partial charge in [0.05, 0.1) is 0 Å². The first-order valence-corrected chi connectivity index (χ1v) is 30.1. The van der Waals surface area contributed by atoms with Crippen molar-refractivity contribution in [3.8, 4) is 0 Å². The Hall–Kier alpha value is 0.124. The number of nitrogens with zero attached hydrogens (tertiary/aromatic N) is 2. The molecule has 8 aromatic carbocycles. The van der Waals surface area contributed by atoms with E-state index in [1.807, 2.05) is 146 Å². The summed E-state index contributed by atoms with van der Waals surface area (Å²) in [6, 6.07) is 79.6. The van der Waals surface area contributed by atoms with Gasteiger partial charge in [-0.2, -0.15) is 91.0 Å². The van der Waals surface area contributed by atoms with E-state index in [1.165, 1.54) is 48.2 Å². The Bertz CT molecular complexity index is 2580. The molecule has 0 fully saturated rings. The molecule has 8 aromatic rings. The van der Waals surface area contributed by atoms with Crippen LogP contribution in [0.5, 0.6) is 0 Å². The van der Waals surface area contributed by atoms with Crippen molar-refractivity contribution in [1.29, 1.82) is 0 Å². The predicted octanol–water partition coefficient (Wildman–Crippen LogP) is 21.7. The van der Waals surface area contributed by atoms with Gasteiger partial charge in [0.25, 0.3) is 0 Å². The van der Waals surface area contributed by atoms with Gasteiger partial charge >= 0.3 is 3.18 Å². The van der Waals surface area contributed by atoms with Gasteiger partial charge in [0.15, 0.2) is 0 Å². The van der Waals surface area contributed by atoms with Crippen LogP contribution in [0.4, 0.5) is 5.69 Å². The predicted molar refractivity (Wildman–Crippen MR) is 382 cm³/mol. The number of hydrogen-bond donors (Lipinski definition) is 0. The van der Waals surface area contributed by atoms with Crippen molar-refractivity contribution >= 4 is 121 Å². The Morgan fingerprint density at radius 1 is 0.435 bits per heavy atom. The fourth-order valence-electron chi connectivity index (χ4n) is 5.41. The van der Waals surface area contributed by atoms with Crippen molar-refractivity contribution in [2.45, 2.75) is 62.3 Å². The number of ether oxygens (including phenoxy) is 1. The minimum Gasteiger partial charge on any atom is -0.388 e. The van der Waals surface area contributed by atoms with Crippen molar-refractivity contribution in [1.82, 2.24) is 4.90 Å². The van der Waals surface area contributed by atoms with E-state index in [0.717, 1.165) is 12.7 Å². The third-order valence-corrected chi connectivity index (χ3v) is 9.55. The molecule has 0 aliphatic rings. The van der Waals surface area contributed by atoms with Crippen LogP contribution in [0.25, 0.3) is 36.5 Å². The molecule has 85 heavy (non-hydrogen) atoms. The molecule has 0 N–H and O–H groups in total. The van der Waals surface area contributed by atoms with Crippen LogP contribution in [0.1, 0.15) is 105 Å². The van der Waals surface area contributed by atoms with Crippen LogP contribution >= 0.6 is 69.9 Å². The van der Waals surface area contributed by atoms with Crippen LogP contribution in [-0.4, -0.2) is 63.8 Å². The SMILES string of the molecule is BrB(Br)Br.C.CC.CC.CC.CCc1ccccc1.CN(C)C.CN(C)c1ccc(/C=C/c2ccccc2)cc1.COC.Ic1cccc(/C=C/c2cc[c-]cc2)c1.O=Cc1cc[c-]cc1.[Y].[Y].[Y].[Y].[Y].[c-]1ccc(/C=C/c2ccccc2)cc1. The molecule has 0 aromatic heterocycles. The molecule has 0 aliphatic heterocycles. The van der Waals surface area contributed by atoms with Crippen LogP contribution in [0.2, 0.25) is 0 Å². The normalized spacial score (nSPS) is 8.60. The molecular formula is C71H90BBr3IN2O2Y5-3. The Morgan fingerprint density at radius 2 is 0.694 bits per heavy atom. The van der Waals surface area contributed by atoms with Gasteiger partial charge in [-0.15, -0.1) is 58.4 Å². The number of hydrogen-bond acceptors (Lipinski definition) is 4. The van der Waals surface area contributed by atoms with Gasteiger partial charge in [0.2, 0.25) is 0 Å². The number of halogens is 4. The molecule has 0 spiro atoms.